The zero-order valence-electron chi connectivity index (χ0n) is 19.7. The average Bonchev–Trinajstić information content (AvgIpc) is 3.34. The van der Waals surface area contributed by atoms with Crippen molar-refractivity contribution < 1.29 is 9.18 Å². The molecule has 1 fully saturated rings. The molecular weight excluding hydrogens is 467 g/mol. The van der Waals surface area contributed by atoms with E-state index in [0.717, 1.165) is 29.3 Å². The zero-order chi connectivity index (χ0) is 24.5. The molecule has 2 aromatic carbocycles. The number of hydrogen-bond donors (Lipinski definition) is 1. The number of piperazine rings is 1. The molecule has 0 bridgehead atoms. The summed E-state index contributed by atoms with van der Waals surface area (Å²) >= 11 is 6.71. The minimum absolute atomic E-state index is 0.0215. The second kappa shape index (κ2) is 9.62. The molecule has 35 heavy (non-hydrogen) atoms. The number of fused-ring (bicyclic) bond motifs is 2. The number of aryl methyl sites for hydroxylation is 1. The lowest BCUT2D eigenvalue weighted by Gasteiger charge is -2.35. The number of amides is 1. The number of aromatic nitrogens is 4. The Bertz CT molecular complexity index is 1440. The first kappa shape index (κ1) is 23.2. The van der Waals surface area contributed by atoms with Gasteiger partial charge in [-0.05, 0) is 37.1 Å². The van der Waals surface area contributed by atoms with Crippen molar-refractivity contribution >= 4 is 45.1 Å². The van der Waals surface area contributed by atoms with Gasteiger partial charge in [0.2, 0.25) is 5.91 Å². The maximum absolute atomic E-state index is 16.0. The summed E-state index contributed by atoms with van der Waals surface area (Å²) in [4.78, 5) is 25.0. The van der Waals surface area contributed by atoms with Gasteiger partial charge in [-0.25, -0.2) is 14.4 Å². The Balaban J connectivity index is 1.50. The molecule has 4 aromatic rings. The van der Waals surface area contributed by atoms with Crippen molar-refractivity contribution in [1.29, 1.82) is 0 Å². The summed E-state index contributed by atoms with van der Waals surface area (Å²) in [7, 11) is 0. The van der Waals surface area contributed by atoms with Crippen molar-refractivity contribution in [3.63, 3.8) is 0 Å². The van der Waals surface area contributed by atoms with Crippen LogP contribution in [0.2, 0.25) is 5.02 Å². The van der Waals surface area contributed by atoms with Gasteiger partial charge in [-0.2, -0.15) is 5.10 Å². The highest BCUT2D eigenvalue weighted by molar-refractivity contribution is 6.35. The lowest BCUT2D eigenvalue weighted by atomic mass is 9.95. The van der Waals surface area contributed by atoms with Gasteiger partial charge in [-0.15, -0.1) is 0 Å². The number of halogens is 2. The molecule has 7 nitrogen and oxygen atoms in total. The number of nitrogens with one attached hydrogen (secondary N) is 1. The fourth-order valence-electron chi connectivity index (χ4n) is 4.65. The normalized spacial score (nSPS) is 14.5. The van der Waals surface area contributed by atoms with Crippen LogP contribution in [0.5, 0.6) is 0 Å². The van der Waals surface area contributed by atoms with E-state index in [4.69, 9.17) is 11.6 Å². The summed E-state index contributed by atoms with van der Waals surface area (Å²) in [6.45, 7) is 6.32. The Morgan fingerprint density at radius 3 is 2.74 bits per heavy atom. The first-order chi connectivity index (χ1) is 17.0. The maximum atomic E-state index is 16.0. The second-order valence-corrected chi connectivity index (χ2v) is 9.14. The Morgan fingerprint density at radius 1 is 1.17 bits per heavy atom. The lowest BCUT2D eigenvalue weighted by Crippen LogP contribution is -2.48. The zero-order valence-corrected chi connectivity index (χ0v) is 20.4. The maximum Gasteiger partial charge on any atom is 0.246 e. The first-order valence-corrected chi connectivity index (χ1v) is 12.1. The molecule has 1 aliphatic rings. The molecule has 0 radical (unpaired) electrons. The quantitative estimate of drug-likeness (QED) is 0.383. The molecule has 5 rings (SSSR count). The van der Waals surface area contributed by atoms with E-state index in [2.05, 4.69) is 32.0 Å². The van der Waals surface area contributed by atoms with Crippen LogP contribution >= 0.6 is 11.6 Å². The van der Waals surface area contributed by atoms with Crippen LogP contribution in [0.15, 0.2) is 42.9 Å². The van der Waals surface area contributed by atoms with Crippen LogP contribution in [0.3, 0.4) is 0 Å². The van der Waals surface area contributed by atoms with Gasteiger partial charge in [0.15, 0.2) is 5.82 Å². The minimum atomic E-state index is -0.483. The third-order valence-electron chi connectivity index (χ3n) is 6.49. The van der Waals surface area contributed by atoms with E-state index in [-0.39, 0.29) is 16.4 Å². The van der Waals surface area contributed by atoms with Gasteiger partial charge in [0.1, 0.15) is 17.7 Å². The molecule has 1 N–H and O–H groups in total. The molecule has 0 spiro atoms. The molecule has 0 atom stereocenters. The van der Waals surface area contributed by atoms with E-state index >= 15 is 4.39 Å². The average molecular weight is 493 g/mol. The van der Waals surface area contributed by atoms with Gasteiger partial charge in [0, 0.05) is 48.1 Å². The molecule has 9 heteroatoms. The number of carbonyl (C=O) groups is 1. The number of carbonyl (C=O) groups excluding carboxylic acids is 1. The van der Waals surface area contributed by atoms with E-state index < -0.39 is 5.82 Å². The molecule has 3 heterocycles. The largest absolute Gasteiger partial charge is 0.352 e. The van der Waals surface area contributed by atoms with Crippen molar-refractivity contribution in [1.82, 2.24) is 25.1 Å². The van der Waals surface area contributed by atoms with Crippen molar-refractivity contribution in [2.24, 2.45) is 0 Å². The number of hydrogen-bond acceptors (Lipinski definition) is 5. The summed E-state index contributed by atoms with van der Waals surface area (Å²) in [5.41, 5.74) is 2.92. The SMILES string of the molecule is CCC/C=C/C(=O)N1CCN(c2ncnc3c(F)c(-c4c(C)ccc5[nH]ncc45)c(Cl)cc23)CC1. The molecule has 0 unspecified atom stereocenters. The molecule has 1 saturated heterocycles. The van der Waals surface area contributed by atoms with Crippen LogP contribution in [-0.4, -0.2) is 57.2 Å². The highest BCUT2D eigenvalue weighted by atomic mass is 35.5. The first-order valence-electron chi connectivity index (χ1n) is 11.8. The van der Waals surface area contributed by atoms with Gasteiger partial charge in [0.25, 0.3) is 0 Å². The van der Waals surface area contributed by atoms with Crippen molar-refractivity contribution in [2.75, 3.05) is 31.1 Å². The van der Waals surface area contributed by atoms with Gasteiger partial charge in [-0.1, -0.05) is 37.1 Å². The highest BCUT2D eigenvalue weighted by Gasteiger charge is 2.25. The number of rotatable bonds is 5. The summed E-state index contributed by atoms with van der Waals surface area (Å²) in [5.74, 6) is 0.158. The third-order valence-corrected chi connectivity index (χ3v) is 6.79. The third kappa shape index (κ3) is 4.23. The summed E-state index contributed by atoms with van der Waals surface area (Å²) in [6.07, 6.45) is 8.53. The molecule has 1 amide bonds. The van der Waals surface area contributed by atoms with Crippen LogP contribution in [0.4, 0.5) is 10.2 Å². The predicted molar refractivity (Wildman–Crippen MR) is 137 cm³/mol. The molecule has 0 aliphatic carbocycles. The van der Waals surface area contributed by atoms with Crippen molar-refractivity contribution in [3.8, 4) is 11.1 Å². The van der Waals surface area contributed by atoms with Gasteiger partial charge in [-0.3, -0.25) is 9.89 Å². The second-order valence-electron chi connectivity index (χ2n) is 8.73. The van der Waals surface area contributed by atoms with Crippen molar-refractivity contribution in [2.45, 2.75) is 26.7 Å². The van der Waals surface area contributed by atoms with Crippen LogP contribution in [0.1, 0.15) is 25.3 Å². The van der Waals surface area contributed by atoms with E-state index in [1.54, 1.807) is 18.3 Å². The molecule has 2 aromatic heterocycles. The van der Waals surface area contributed by atoms with Crippen LogP contribution in [0.25, 0.3) is 32.9 Å². The highest BCUT2D eigenvalue weighted by Crippen LogP contribution is 2.41. The Morgan fingerprint density at radius 2 is 1.97 bits per heavy atom. The molecule has 180 valence electrons. The Labute approximate surface area is 207 Å². The fraction of sp³-hybridized carbons (Fsp3) is 0.308. The molecular formula is C26H26ClFN6O. The molecule has 1 aliphatic heterocycles. The number of allylic oxidation sites excluding steroid dienone is 1. The fourth-order valence-corrected chi connectivity index (χ4v) is 4.94. The number of unbranched alkanes of at least 4 members (excludes halogenated alkanes) is 1. The van der Waals surface area contributed by atoms with Crippen LogP contribution in [0, 0.1) is 12.7 Å². The van der Waals surface area contributed by atoms with Crippen LogP contribution < -0.4 is 4.90 Å². The number of aromatic amines is 1. The van der Waals surface area contributed by atoms with Gasteiger partial charge < -0.3 is 9.80 Å². The van der Waals surface area contributed by atoms with Gasteiger partial charge >= 0.3 is 0 Å². The smallest absolute Gasteiger partial charge is 0.246 e. The number of nitrogens with zero attached hydrogens (tertiary/aromatic N) is 5. The number of H-pyrrole nitrogens is 1. The summed E-state index contributed by atoms with van der Waals surface area (Å²) in [6, 6.07) is 5.58. The monoisotopic (exact) mass is 492 g/mol. The van der Waals surface area contributed by atoms with E-state index in [1.165, 1.54) is 6.33 Å². The number of anilines is 1. The van der Waals surface area contributed by atoms with Crippen LogP contribution in [-0.2, 0) is 4.79 Å². The van der Waals surface area contributed by atoms with E-state index in [9.17, 15) is 4.79 Å². The summed E-state index contributed by atoms with van der Waals surface area (Å²) < 4.78 is 16.0. The number of benzene rings is 2. The van der Waals surface area contributed by atoms with Gasteiger partial charge in [0.05, 0.1) is 16.7 Å². The predicted octanol–water partition coefficient (Wildman–Crippen LogP) is 5.28. The van der Waals surface area contributed by atoms with E-state index in [0.29, 0.717) is 48.5 Å². The Kier molecular flexibility index (Phi) is 6.38. The minimum Gasteiger partial charge on any atom is -0.352 e. The standard InChI is InChI=1S/C26H26ClFN6O/c1-3-4-5-6-21(35)33-9-11-34(12-10-33)26-17-13-19(27)23(24(28)25(17)29-15-30-26)22-16(2)7-8-20-18(22)14-31-32-20/h5-8,13-15H,3-4,9-12H2,1-2H3,(H,31,32)/b6-5+. The van der Waals surface area contributed by atoms with Crippen molar-refractivity contribution in [3.05, 3.63) is 59.3 Å². The molecule has 0 saturated carbocycles. The lowest BCUT2D eigenvalue weighted by molar-refractivity contribution is -0.126. The summed E-state index contributed by atoms with van der Waals surface area (Å²) in [5, 5.41) is 8.68. The topological polar surface area (TPSA) is 78.0 Å². The van der Waals surface area contributed by atoms with E-state index in [1.807, 2.05) is 30.0 Å². The Hall–Kier alpha value is -3.52.